The summed E-state index contributed by atoms with van der Waals surface area (Å²) in [4.78, 5) is 24.0. The number of anilines is 1. The number of benzene rings is 1. The lowest BCUT2D eigenvalue weighted by Crippen LogP contribution is -2.43. The van der Waals surface area contributed by atoms with Crippen LogP contribution in [-0.4, -0.2) is 17.0 Å². The number of hydrogen-bond acceptors (Lipinski definition) is 3. The second-order valence-corrected chi connectivity index (χ2v) is 5.68. The van der Waals surface area contributed by atoms with E-state index in [-0.39, 0.29) is 30.6 Å². The molecule has 1 aromatic rings. The number of halogens is 3. The van der Waals surface area contributed by atoms with E-state index in [4.69, 9.17) is 5.73 Å². The Kier molecular flexibility index (Phi) is 4.98. The first-order valence-corrected chi connectivity index (χ1v) is 7.30. The highest BCUT2D eigenvalue weighted by Crippen LogP contribution is 2.36. The van der Waals surface area contributed by atoms with Crippen LogP contribution in [0.2, 0.25) is 0 Å². The van der Waals surface area contributed by atoms with Gasteiger partial charge in [0, 0.05) is 12.2 Å². The maximum atomic E-state index is 12.9. The van der Waals surface area contributed by atoms with Crippen LogP contribution in [0.4, 0.5) is 18.9 Å². The van der Waals surface area contributed by atoms with Crippen molar-refractivity contribution >= 4 is 17.6 Å². The molecule has 1 atom stereocenters. The fraction of sp³-hybridized carbons (Fsp3) is 0.375. The van der Waals surface area contributed by atoms with Crippen molar-refractivity contribution in [3.8, 4) is 0 Å². The van der Waals surface area contributed by atoms with E-state index in [2.05, 4.69) is 5.32 Å². The number of aliphatic carboxylic acids is 1. The van der Waals surface area contributed by atoms with Gasteiger partial charge in [-0.1, -0.05) is 12.2 Å². The van der Waals surface area contributed by atoms with E-state index >= 15 is 0 Å². The first kappa shape index (κ1) is 18.0. The number of carboxylic acids is 1. The molecule has 0 saturated heterocycles. The standard InChI is InChI=1S/C16H17F3N2O3/c17-16(18,19)11-6-10(9-20)7-12(8-11)21-13(22)15(14(23)24)4-2-1-3-5-15/h1-2,6-8H,3-5,9,20H2,(H,21,22)(H,23,24). The summed E-state index contributed by atoms with van der Waals surface area (Å²) in [5.41, 5.74) is 2.84. The van der Waals surface area contributed by atoms with E-state index in [9.17, 15) is 27.9 Å². The smallest absolute Gasteiger partial charge is 0.416 e. The summed E-state index contributed by atoms with van der Waals surface area (Å²) in [5, 5.41) is 11.7. The van der Waals surface area contributed by atoms with Gasteiger partial charge in [0.15, 0.2) is 0 Å². The molecule has 0 bridgehead atoms. The molecule has 1 unspecified atom stereocenters. The van der Waals surface area contributed by atoms with Crippen LogP contribution >= 0.6 is 0 Å². The molecule has 0 fully saturated rings. The molecule has 1 aliphatic carbocycles. The minimum absolute atomic E-state index is 0.00310. The molecule has 5 nitrogen and oxygen atoms in total. The molecule has 130 valence electrons. The molecule has 8 heteroatoms. The highest BCUT2D eigenvalue weighted by atomic mass is 19.4. The number of nitrogens with one attached hydrogen (secondary N) is 1. The van der Waals surface area contributed by atoms with E-state index in [1.165, 1.54) is 6.07 Å². The van der Waals surface area contributed by atoms with Crippen LogP contribution in [0.25, 0.3) is 0 Å². The summed E-state index contributed by atoms with van der Waals surface area (Å²) in [6.45, 7) is -0.139. The second kappa shape index (κ2) is 6.64. The van der Waals surface area contributed by atoms with Crippen LogP contribution in [0.5, 0.6) is 0 Å². The van der Waals surface area contributed by atoms with Crippen LogP contribution in [0.3, 0.4) is 0 Å². The Labute approximate surface area is 136 Å². The van der Waals surface area contributed by atoms with Crippen molar-refractivity contribution in [3.63, 3.8) is 0 Å². The van der Waals surface area contributed by atoms with Crippen molar-refractivity contribution in [2.24, 2.45) is 11.1 Å². The Morgan fingerprint density at radius 2 is 1.96 bits per heavy atom. The van der Waals surface area contributed by atoms with E-state index < -0.39 is 29.0 Å². The van der Waals surface area contributed by atoms with E-state index in [1.807, 2.05) is 0 Å². The SMILES string of the molecule is NCc1cc(NC(=O)C2(C(=O)O)CC=CCC2)cc(C(F)(F)F)c1. The first-order valence-electron chi connectivity index (χ1n) is 7.30. The van der Waals surface area contributed by atoms with Crippen molar-refractivity contribution < 1.29 is 27.9 Å². The van der Waals surface area contributed by atoms with Gasteiger partial charge in [-0.25, -0.2) is 0 Å². The Morgan fingerprint density at radius 3 is 2.46 bits per heavy atom. The first-order chi connectivity index (χ1) is 11.2. The maximum Gasteiger partial charge on any atom is 0.416 e. The summed E-state index contributed by atoms with van der Waals surface area (Å²) in [5.74, 6) is -2.13. The number of carbonyl (C=O) groups is 2. The van der Waals surface area contributed by atoms with E-state index in [1.54, 1.807) is 12.2 Å². The van der Waals surface area contributed by atoms with Crippen molar-refractivity contribution in [2.75, 3.05) is 5.32 Å². The lowest BCUT2D eigenvalue weighted by atomic mass is 9.76. The number of hydrogen-bond donors (Lipinski definition) is 3. The number of nitrogens with two attached hydrogens (primary N) is 1. The van der Waals surface area contributed by atoms with Crippen LogP contribution in [0.1, 0.15) is 30.4 Å². The van der Waals surface area contributed by atoms with Gasteiger partial charge in [0.05, 0.1) is 5.56 Å². The minimum atomic E-state index is -4.59. The topological polar surface area (TPSA) is 92.4 Å². The van der Waals surface area contributed by atoms with E-state index in [0.717, 1.165) is 12.1 Å². The van der Waals surface area contributed by atoms with Crippen LogP contribution in [-0.2, 0) is 22.3 Å². The average Bonchev–Trinajstić information content (AvgIpc) is 2.54. The minimum Gasteiger partial charge on any atom is -0.480 e. The normalized spacial score (nSPS) is 20.7. The van der Waals surface area contributed by atoms with Gasteiger partial charge in [0.2, 0.25) is 5.91 Å². The van der Waals surface area contributed by atoms with Gasteiger partial charge in [0.25, 0.3) is 0 Å². The zero-order chi connectivity index (χ0) is 18.0. The van der Waals surface area contributed by atoms with Gasteiger partial charge in [-0.15, -0.1) is 0 Å². The summed E-state index contributed by atoms with van der Waals surface area (Å²) in [7, 11) is 0. The van der Waals surface area contributed by atoms with Gasteiger partial charge in [-0.05, 0) is 43.0 Å². The lowest BCUT2D eigenvalue weighted by molar-refractivity contribution is -0.154. The Morgan fingerprint density at radius 1 is 1.25 bits per heavy atom. The predicted molar refractivity (Wildman–Crippen MR) is 81.0 cm³/mol. The third-order valence-corrected chi connectivity index (χ3v) is 4.03. The maximum absolute atomic E-state index is 12.9. The highest BCUT2D eigenvalue weighted by Gasteiger charge is 2.45. The van der Waals surface area contributed by atoms with Gasteiger partial charge >= 0.3 is 12.1 Å². The van der Waals surface area contributed by atoms with Crippen molar-refractivity contribution in [3.05, 3.63) is 41.5 Å². The molecule has 0 aliphatic heterocycles. The zero-order valence-corrected chi connectivity index (χ0v) is 12.7. The van der Waals surface area contributed by atoms with Gasteiger partial charge < -0.3 is 16.2 Å². The van der Waals surface area contributed by atoms with Gasteiger partial charge in [-0.3, -0.25) is 9.59 Å². The number of carbonyl (C=O) groups excluding carboxylic acids is 1. The Bertz CT molecular complexity index is 686. The summed E-state index contributed by atoms with van der Waals surface area (Å²) in [6.07, 6.45) is -0.733. The Hall–Kier alpha value is -2.35. The molecule has 1 aromatic carbocycles. The summed E-state index contributed by atoms with van der Waals surface area (Å²) < 4.78 is 38.8. The highest BCUT2D eigenvalue weighted by molar-refractivity contribution is 6.08. The molecule has 0 saturated carbocycles. The van der Waals surface area contributed by atoms with Crippen molar-refractivity contribution in [2.45, 2.75) is 32.0 Å². The Balaban J connectivity index is 2.34. The molecule has 0 spiro atoms. The molecule has 24 heavy (non-hydrogen) atoms. The number of carboxylic acid groups (broad SMARTS) is 1. The third kappa shape index (κ3) is 3.59. The van der Waals surface area contributed by atoms with Crippen molar-refractivity contribution in [1.29, 1.82) is 0 Å². The average molecular weight is 342 g/mol. The largest absolute Gasteiger partial charge is 0.480 e. The second-order valence-electron chi connectivity index (χ2n) is 5.68. The number of rotatable bonds is 4. The lowest BCUT2D eigenvalue weighted by Gasteiger charge is -2.29. The fourth-order valence-electron chi connectivity index (χ4n) is 2.63. The number of alkyl halides is 3. The third-order valence-electron chi connectivity index (χ3n) is 4.03. The quantitative estimate of drug-likeness (QED) is 0.579. The molecule has 1 aliphatic rings. The van der Waals surface area contributed by atoms with Gasteiger partial charge in [-0.2, -0.15) is 13.2 Å². The zero-order valence-electron chi connectivity index (χ0n) is 12.7. The summed E-state index contributed by atoms with van der Waals surface area (Å²) >= 11 is 0. The molecule has 0 radical (unpaired) electrons. The fourth-order valence-corrected chi connectivity index (χ4v) is 2.63. The molecule has 4 N–H and O–H groups in total. The summed E-state index contributed by atoms with van der Waals surface area (Å²) in [6, 6.07) is 2.97. The molecule has 0 aromatic heterocycles. The molecular formula is C16H17F3N2O3. The van der Waals surface area contributed by atoms with Crippen LogP contribution in [0, 0.1) is 5.41 Å². The molecule has 0 heterocycles. The predicted octanol–water partition coefficient (Wildman–Crippen LogP) is 2.91. The van der Waals surface area contributed by atoms with Crippen molar-refractivity contribution in [1.82, 2.24) is 0 Å². The van der Waals surface area contributed by atoms with Crippen LogP contribution in [0.15, 0.2) is 30.4 Å². The van der Waals surface area contributed by atoms with Crippen LogP contribution < -0.4 is 11.1 Å². The molecular weight excluding hydrogens is 325 g/mol. The number of amides is 1. The van der Waals surface area contributed by atoms with Gasteiger partial charge in [0.1, 0.15) is 5.41 Å². The molecule has 1 amide bonds. The number of allylic oxidation sites excluding steroid dienone is 2. The van der Waals surface area contributed by atoms with E-state index in [0.29, 0.717) is 6.42 Å². The monoisotopic (exact) mass is 342 g/mol. The molecule has 2 rings (SSSR count).